The molecule has 1 N–H and O–H groups in total. The molecule has 2 aromatic rings. The summed E-state index contributed by atoms with van der Waals surface area (Å²) in [5, 5.41) is 8.45. The molecule has 19 heavy (non-hydrogen) atoms. The Morgan fingerprint density at radius 1 is 1.37 bits per heavy atom. The molecule has 1 unspecified atom stereocenters. The first-order valence-corrected chi connectivity index (χ1v) is 6.79. The van der Waals surface area contributed by atoms with Crippen molar-refractivity contribution in [1.82, 2.24) is 19.7 Å². The van der Waals surface area contributed by atoms with Gasteiger partial charge in [0.1, 0.15) is 0 Å². The monoisotopic (exact) mass is 277 g/mol. The van der Waals surface area contributed by atoms with Gasteiger partial charge in [-0.25, -0.2) is 9.97 Å². The van der Waals surface area contributed by atoms with Gasteiger partial charge in [0.15, 0.2) is 0 Å². The fraction of sp³-hybridized carbons (Fsp3) is 0.462. The van der Waals surface area contributed by atoms with E-state index in [4.69, 9.17) is 11.6 Å². The number of nitrogens with zero attached hydrogens (tertiary/aromatic N) is 4. The molecule has 1 aliphatic carbocycles. The Morgan fingerprint density at radius 3 is 2.84 bits per heavy atom. The summed E-state index contributed by atoms with van der Waals surface area (Å²) >= 11 is 5.80. The lowest BCUT2D eigenvalue weighted by atomic mass is 9.91. The Kier molecular flexibility index (Phi) is 3.14. The van der Waals surface area contributed by atoms with Gasteiger partial charge in [-0.1, -0.05) is 11.6 Å². The fourth-order valence-corrected chi connectivity index (χ4v) is 2.87. The number of fused-ring (bicyclic) bond motifs is 1. The highest BCUT2D eigenvalue weighted by atomic mass is 35.5. The molecule has 0 bridgehead atoms. The van der Waals surface area contributed by atoms with Gasteiger partial charge >= 0.3 is 0 Å². The molecule has 0 aliphatic heterocycles. The summed E-state index contributed by atoms with van der Waals surface area (Å²) in [6.45, 7) is 2.06. The molecule has 100 valence electrons. The number of halogens is 1. The molecule has 0 aromatic carbocycles. The van der Waals surface area contributed by atoms with Crippen LogP contribution in [0, 0.1) is 6.92 Å². The highest BCUT2D eigenvalue weighted by molar-refractivity contribution is 6.30. The Bertz CT molecular complexity index is 590. The van der Waals surface area contributed by atoms with Crippen LogP contribution >= 0.6 is 11.6 Å². The highest BCUT2D eigenvalue weighted by Gasteiger charge is 2.26. The number of aryl methyl sites for hydroxylation is 2. The Morgan fingerprint density at radius 2 is 2.11 bits per heavy atom. The van der Waals surface area contributed by atoms with Gasteiger partial charge in [-0.3, -0.25) is 4.68 Å². The maximum absolute atomic E-state index is 5.80. The van der Waals surface area contributed by atoms with Crippen LogP contribution in [-0.2, 0) is 13.5 Å². The van der Waals surface area contributed by atoms with Crippen LogP contribution in [0.1, 0.15) is 35.8 Å². The molecule has 0 saturated carbocycles. The van der Waals surface area contributed by atoms with Gasteiger partial charge in [0, 0.05) is 18.3 Å². The van der Waals surface area contributed by atoms with Crippen LogP contribution in [0.2, 0.25) is 5.02 Å². The number of hydrogen-bond donors (Lipinski definition) is 1. The standard InChI is InChI=1S/C13H16ClN5/c1-8-12-10(4-3-5-11(12)19(2)18-8)17-13-15-6-9(14)7-16-13/h6-7,10H,3-5H2,1-2H3,(H,15,16,17). The van der Waals surface area contributed by atoms with Crippen LogP contribution in [0.3, 0.4) is 0 Å². The zero-order chi connectivity index (χ0) is 13.4. The van der Waals surface area contributed by atoms with Crippen molar-refractivity contribution in [3.05, 3.63) is 34.4 Å². The lowest BCUT2D eigenvalue weighted by Crippen LogP contribution is -2.19. The molecule has 1 atom stereocenters. The third kappa shape index (κ3) is 2.30. The molecule has 0 amide bonds. The number of nitrogens with one attached hydrogen (secondary N) is 1. The van der Waals surface area contributed by atoms with E-state index in [0.717, 1.165) is 25.0 Å². The smallest absolute Gasteiger partial charge is 0.223 e. The molecule has 0 radical (unpaired) electrons. The molecule has 0 fully saturated rings. The Labute approximate surface area is 117 Å². The third-order valence-corrected chi connectivity index (χ3v) is 3.77. The number of rotatable bonds is 2. The van der Waals surface area contributed by atoms with Crippen LogP contribution in [0.5, 0.6) is 0 Å². The second kappa shape index (κ2) is 4.81. The molecule has 0 saturated heterocycles. The summed E-state index contributed by atoms with van der Waals surface area (Å²) in [5.41, 5.74) is 3.70. The maximum Gasteiger partial charge on any atom is 0.223 e. The molecular formula is C13H16ClN5. The van der Waals surface area contributed by atoms with Crippen molar-refractivity contribution >= 4 is 17.5 Å². The second-order valence-electron chi connectivity index (χ2n) is 4.88. The first-order chi connectivity index (χ1) is 9.15. The minimum atomic E-state index is 0.235. The van der Waals surface area contributed by atoms with Gasteiger partial charge in [0.2, 0.25) is 5.95 Å². The van der Waals surface area contributed by atoms with Crippen molar-refractivity contribution < 1.29 is 0 Å². The molecule has 6 heteroatoms. The molecule has 5 nitrogen and oxygen atoms in total. The molecule has 1 aliphatic rings. The SMILES string of the molecule is Cc1nn(C)c2c1C(Nc1ncc(Cl)cn1)CCC2. The first-order valence-electron chi connectivity index (χ1n) is 6.41. The van der Waals surface area contributed by atoms with E-state index in [0.29, 0.717) is 11.0 Å². The van der Waals surface area contributed by atoms with Crippen molar-refractivity contribution in [3.63, 3.8) is 0 Å². The summed E-state index contributed by atoms with van der Waals surface area (Å²) in [6, 6.07) is 0.235. The van der Waals surface area contributed by atoms with Gasteiger partial charge in [-0.15, -0.1) is 0 Å². The van der Waals surface area contributed by atoms with Crippen molar-refractivity contribution in [2.75, 3.05) is 5.32 Å². The van der Waals surface area contributed by atoms with E-state index in [2.05, 4.69) is 27.3 Å². The van der Waals surface area contributed by atoms with E-state index in [1.165, 1.54) is 11.3 Å². The van der Waals surface area contributed by atoms with Crippen LogP contribution in [-0.4, -0.2) is 19.7 Å². The average molecular weight is 278 g/mol. The summed E-state index contributed by atoms with van der Waals surface area (Å²) in [7, 11) is 2.01. The summed E-state index contributed by atoms with van der Waals surface area (Å²) in [4.78, 5) is 8.40. The summed E-state index contributed by atoms with van der Waals surface area (Å²) in [6.07, 6.45) is 6.53. The topological polar surface area (TPSA) is 55.6 Å². The molecular weight excluding hydrogens is 262 g/mol. The highest BCUT2D eigenvalue weighted by Crippen LogP contribution is 2.33. The normalized spacial score (nSPS) is 18.2. The zero-order valence-corrected chi connectivity index (χ0v) is 11.8. The molecule has 2 heterocycles. The molecule has 2 aromatic heterocycles. The second-order valence-corrected chi connectivity index (χ2v) is 5.32. The molecule has 3 rings (SSSR count). The first kappa shape index (κ1) is 12.4. The minimum Gasteiger partial charge on any atom is -0.347 e. The largest absolute Gasteiger partial charge is 0.347 e. The van der Waals surface area contributed by atoms with E-state index in [9.17, 15) is 0 Å². The zero-order valence-electron chi connectivity index (χ0n) is 11.0. The van der Waals surface area contributed by atoms with Crippen molar-refractivity contribution in [1.29, 1.82) is 0 Å². The maximum atomic E-state index is 5.80. The predicted molar refractivity (Wildman–Crippen MR) is 74.3 cm³/mol. The number of aromatic nitrogens is 4. The fourth-order valence-electron chi connectivity index (χ4n) is 2.78. The quantitative estimate of drug-likeness (QED) is 0.917. The van der Waals surface area contributed by atoms with Crippen molar-refractivity contribution in [2.24, 2.45) is 7.05 Å². The number of anilines is 1. The van der Waals surface area contributed by atoms with Crippen LogP contribution < -0.4 is 5.32 Å². The third-order valence-electron chi connectivity index (χ3n) is 3.57. The van der Waals surface area contributed by atoms with E-state index in [1.807, 2.05) is 11.7 Å². The minimum absolute atomic E-state index is 0.235. The van der Waals surface area contributed by atoms with Crippen LogP contribution in [0.25, 0.3) is 0 Å². The van der Waals surface area contributed by atoms with Gasteiger partial charge in [-0.2, -0.15) is 5.10 Å². The van der Waals surface area contributed by atoms with E-state index >= 15 is 0 Å². The van der Waals surface area contributed by atoms with Gasteiger partial charge in [0.05, 0.1) is 29.2 Å². The Hall–Kier alpha value is -1.62. The summed E-state index contributed by atoms with van der Waals surface area (Å²) < 4.78 is 1.99. The van der Waals surface area contributed by atoms with E-state index < -0.39 is 0 Å². The molecule has 0 spiro atoms. The van der Waals surface area contributed by atoms with E-state index in [-0.39, 0.29) is 6.04 Å². The van der Waals surface area contributed by atoms with Gasteiger partial charge in [-0.05, 0) is 26.2 Å². The van der Waals surface area contributed by atoms with Crippen molar-refractivity contribution in [2.45, 2.75) is 32.2 Å². The van der Waals surface area contributed by atoms with Gasteiger partial charge in [0.25, 0.3) is 0 Å². The van der Waals surface area contributed by atoms with Crippen LogP contribution in [0.4, 0.5) is 5.95 Å². The van der Waals surface area contributed by atoms with E-state index in [1.54, 1.807) is 12.4 Å². The Balaban J connectivity index is 1.89. The predicted octanol–water partition coefficient (Wildman–Crippen LogP) is 2.66. The van der Waals surface area contributed by atoms with Gasteiger partial charge < -0.3 is 5.32 Å². The average Bonchev–Trinajstić information content (AvgIpc) is 2.69. The van der Waals surface area contributed by atoms with Crippen molar-refractivity contribution in [3.8, 4) is 0 Å². The summed E-state index contributed by atoms with van der Waals surface area (Å²) in [5.74, 6) is 0.616. The number of hydrogen-bond acceptors (Lipinski definition) is 4. The lowest BCUT2D eigenvalue weighted by molar-refractivity contribution is 0.568. The van der Waals surface area contributed by atoms with Crippen LogP contribution in [0.15, 0.2) is 12.4 Å². The lowest BCUT2D eigenvalue weighted by Gasteiger charge is -2.24.